The van der Waals surface area contributed by atoms with Crippen molar-refractivity contribution in [2.24, 2.45) is 0 Å². The SMILES string of the molecule is Cc1cc(C)c(C)c(S(=O)(=O)N2CCN(C(=O)c3ccc(Cl)o3)CC2)c1C. The van der Waals surface area contributed by atoms with E-state index in [2.05, 4.69) is 0 Å². The van der Waals surface area contributed by atoms with Gasteiger partial charge in [0.25, 0.3) is 5.91 Å². The molecule has 6 nitrogen and oxygen atoms in total. The van der Waals surface area contributed by atoms with Gasteiger partial charge in [-0.1, -0.05) is 6.07 Å². The average Bonchev–Trinajstić information content (AvgIpc) is 3.06. The summed E-state index contributed by atoms with van der Waals surface area (Å²) in [5.74, 6) is -0.116. The third-order valence-electron chi connectivity index (χ3n) is 5.20. The zero-order valence-corrected chi connectivity index (χ0v) is 17.4. The Hall–Kier alpha value is -1.83. The summed E-state index contributed by atoms with van der Waals surface area (Å²) in [4.78, 5) is 14.4. The van der Waals surface area contributed by atoms with Gasteiger partial charge >= 0.3 is 0 Å². The van der Waals surface area contributed by atoms with Gasteiger partial charge in [-0.15, -0.1) is 0 Å². The van der Waals surface area contributed by atoms with E-state index < -0.39 is 10.0 Å². The van der Waals surface area contributed by atoms with Crippen molar-refractivity contribution in [2.75, 3.05) is 26.2 Å². The Morgan fingerprint density at radius 2 is 1.56 bits per heavy atom. The van der Waals surface area contributed by atoms with Crippen LogP contribution in [0.2, 0.25) is 5.22 Å². The second-order valence-electron chi connectivity index (χ2n) is 6.89. The average molecular weight is 411 g/mol. The van der Waals surface area contributed by atoms with E-state index in [9.17, 15) is 13.2 Å². The number of furan rings is 1. The van der Waals surface area contributed by atoms with E-state index in [1.54, 1.807) is 4.90 Å². The van der Waals surface area contributed by atoms with E-state index in [1.165, 1.54) is 16.4 Å². The summed E-state index contributed by atoms with van der Waals surface area (Å²) in [5.41, 5.74) is 3.48. The number of hydrogen-bond acceptors (Lipinski definition) is 4. The molecule has 0 spiro atoms. The van der Waals surface area contributed by atoms with Crippen LogP contribution in [0.5, 0.6) is 0 Å². The van der Waals surface area contributed by atoms with Crippen LogP contribution >= 0.6 is 11.6 Å². The van der Waals surface area contributed by atoms with Crippen molar-refractivity contribution in [3.63, 3.8) is 0 Å². The molecule has 0 atom stereocenters. The van der Waals surface area contributed by atoms with Crippen molar-refractivity contribution in [3.05, 3.63) is 51.4 Å². The first-order valence-electron chi connectivity index (χ1n) is 8.75. The number of benzene rings is 1. The third kappa shape index (κ3) is 3.63. The molecule has 1 amide bonds. The van der Waals surface area contributed by atoms with Gasteiger partial charge in [-0.3, -0.25) is 4.79 Å². The van der Waals surface area contributed by atoms with Crippen molar-refractivity contribution >= 4 is 27.5 Å². The Balaban J connectivity index is 1.81. The molecule has 2 aromatic rings. The van der Waals surface area contributed by atoms with Gasteiger partial charge < -0.3 is 9.32 Å². The number of sulfonamides is 1. The van der Waals surface area contributed by atoms with Crippen molar-refractivity contribution in [1.82, 2.24) is 9.21 Å². The first-order chi connectivity index (χ1) is 12.6. The lowest BCUT2D eigenvalue weighted by molar-refractivity contribution is 0.0666. The molecule has 3 rings (SSSR count). The summed E-state index contributed by atoms with van der Waals surface area (Å²) in [6.45, 7) is 8.63. The maximum absolute atomic E-state index is 13.3. The van der Waals surface area contributed by atoms with E-state index >= 15 is 0 Å². The van der Waals surface area contributed by atoms with Gasteiger partial charge in [-0.25, -0.2) is 8.42 Å². The molecule has 0 radical (unpaired) electrons. The molecule has 0 unspecified atom stereocenters. The van der Waals surface area contributed by atoms with Gasteiger partial charge in [0.1, 0.15) is 0 Å². The van der Waals surface area contributed by atoms with Crippen LogP contribution in [-0.2, 0) is 10.0 Å². The smallest absolute Gasteiger partial charge is 0.289 e. The minimum absolute atomic E-state index is 0.153. The minimum atomic E-state index is -3.63. The fourth-order valence-electron chi connectivity index (χ4n) is 3.41. The third-order valence-corrected chi connectivity index (χ3v) is 7.58. The van der Waals surface area contributed by atoms with Gasteiger partial charge in [0, 0.05) is 26.2 Å². The Bertz CT molecular complexity index is 963. The summed E-state index contributed by atoms with van der Waals surface area (Å²) >= 11 is 5.72. The second-order valence-corrected chi connectivity index (χ2v) is 9.14. The number of aryl methyl sites for hydroxylation is 2. The van der Waals surface area contributed by atoms with E-state index in [1.807, 2.05) is 33.8 Å². The molecule has 1 aromatic carbocycles. The lowest BCUT2D eigenvalue weighted by Crippen LogP contribution is -2.50. The number of piperazine rings is 1. The normalized spacial score (nSPS) is 16.0. The maximum Gasteiger partial charge on any atom is 0.289 e. The highest BCUT2D eigenvalue weighted by Crippen LogP contribution is 2.29. The first-order valence-corrected chi connectivity index (χ1v) is 10.6. The zero-order valence-electron chi connectivity index (χ0n) is 15.9. The Morgan fingerprint density at radius 3 is 2.04 bits per heavy atom. The van der Waals surface area contributed by atoms with Crippen LogP contribution in [0.25, 0.3) is 0 Å². The summed E-state index contributed by atoms with van der Waals surface area (Å²) < 4.78 is 33.2. The van der Waals surface area contributed by atoms with Crippen LogP contribution in [0.1, 0.15) is 32.8 Å². The maximum atomic E-state index is 13.3. The molecule has 1 fully saturated rings. The fourth-order valence-corrected chi connectivity index (χ4v) is 5.56. The van der Waals surface area contributed by atoms with Crippen molar-refractivity contribution in [3.8, 4) is 0 Å². The highest BCUT2D eigenvalue weighted by molar-refractivity contribution is 7.89. The molecule has 0 aliphatic carbocycles. The number of carbonyl (C=O) groups is 1. The number of rotatable bonds is 3. The van der Waals surface area contributed by atoms with Crippen LogP contribution in [0, 0.1) is 27.7 Å². The summed E-state index contributed by atoms with van der Waals surface area (Å²) in [6.07, 6.45) is 0. The van der Waals surface area contributed by atoms with Crippen LogP contribution in [0.15, 0.2) is 27.5 Å². The first kappa shape index (κ1) is 19.9. The lowest BCUT2D eigenvalue weighted by Gasteiger charge is -2.34. The minimum Gasteiger partial charge on any atom is -0.440 e. The highest BCUT2D eigenvalue weighted by atomic mass is 35.5. The largest absolute Gasteiger partial charge is 0.440 e. The molecule has 2 heterocycles. The van der Waals surface area contributed by atoms with Crippen molar-refractivity contribution in [2.45, 2.75) is 32.6 Å². The van der Waals surface area contributed by atoms with Gasteiger partial charge in [-0.2, -0.15) is 4.31 Å². The Labute approximate surface area is 164 Å². The molecule has 1 aromatic heterocycles. The Morgan fingerprint density at radius 1 is 1.00 bits per heavy atom. The fraction of sp³-hybridized carbons (Fsp3) is 0.421. The van der Waals surface area contributed by atoms with Crippen LogP contribution in [0.4, 0.5) is 0 Å². The standard InChI is InChI=1S/C19H23ClN2O4S/c1-12-11-13(2)15(4)18(14(12)3)27(24,25)22-9-7-21(8-10-22)19(23)16-5-6-17(20)26-16/h5-6,11H,7-10H2,1-4H3. The molecule has 8 heteroatoms. The van der Waals surface area contributed by atoms with Gasteiger partial charge in [0.2, 0.25) is 10.0 Å². The zero-order chi connectivity index (χ0) is 19.9. The van der Waals surface area contributed by atoms with E-state index in [0.717, 1.165) is 22.3 Å². The molecule has 1 aliphatic rings. The topological polar surface area (TPSA) is 70.8 Å². The molecular formula is C19H23ClN2O4S. The van der Waals surface area contributed by atoms with Crippen LogP contribution in [0.3, 0.4) is 0 Å². The molecule has 0 N–H and O–H groups in total. The lowest BCUT2D eigenvalue weighted by atomic mass is 10.0. The molecule has 0 saturated carbocycles. The van der Waals surface area contributed by atoms with E-state index in [-0.39, 0.29) is 30.0 Å². The summed E-state index contributed by atoms with van der Waals surface area (Å²) in [7, 11) is -3.63. The number of amides is 1. The Kier molecular flexibility index (Phi) is 5.38. The molecule has 0 bridgehead atoms. The number of hydrogen-bond donors (Lipinski definition) is 0. The van der Waals surface area contributed by atoms with E-state index in [4.69, 9.17) is 16.0 Å². The van der Waals surface area contributed by atoms with Gasteiger partial charge in [-0.05, 0) is 73.7 Å². The predicted octanol–water partition coefficient (Wildman–Crippen LogP) is 3.31. The quantitative estimate of drug-likeness (QED) is 0.778. The number of nitrogens with zero attached hydrogens (tertiary/aromatic N) is 2. The number of halogens is 1. The molecule has 27 heavy (non-hydrogen) atoms. The molecule has 146 valence electrons. The van der Waals surface area contributed by atoms with Crippen LogP contribution in [-0.4, -0.2) is 49.7 Å². The number of carbonyl (C=O) groups excluding carboxylic acids is 1. The predicted molar refractivity (Wildman–Crippen MR) is 104 cm³/mol. The highest BCUT2D eigenvalue weighted by Gasteiger charge is 2.33. The molecular weight excluding hydrogens is 388 g/mol. The summed E-state index contributed by atoms with van der Waals surface area (Å²) in [5, 5.41) is 0.153. The monoisotopic (exact) mass is 410 g/mol. The van der Waals surface area contributed by atoms with E-state index in [0.29, 0.717) is 18.0 Å². The van der Waals surface area contributed by atoms with Gasteiger partial charge in [0.15, 0.2) is 11.0 Å². The van der Waals surface area contributed by atoms with Crippen LogP contribution < -0.4 is 0 Å². The second kappa shape index (κ2) is 7.30. The van der Waals surface area contributed by atoms with Gasteiger partial charge in [0.05, 0.1) is 4.90 Å². The van der Waals surface area contributed by atoms with Crippen molar-refractivity contribution in [1.29, 1.82) is 0 Å². The molecule has 1 saturated heterocycles. The summed E-state index contributed by atoms with van der Waals surface area (Å²) in [6, 6.07) is 5.05. The molecule has 1 aliphatic heterocycles. The van der Waals surface area contributed by atoms with Crippen molar-refractivity contribution < 1.29 is 17.6 Å².